The zero-order valence-electron chi connectivity index (χ0n) is 13.5. The van der Waals surface area contributed by atoms with Gasteiger partial charge in [0.1, 0.15) is 0 Å². The van der Waals surface area contributed by atoms with Crippen molar-refractivity contribution in [1.29, 1.82) is 0 Å². The lowest BCUT2D eigenvalue weighted by Crippen LogP contribution is -2.43. The minimum absolute atomic E-state index is 0.278. The van der Waals surface area contributed by atoms with Gasteiger partial charge in [-0.3, -0.25) is 4.90 Å². The van der Waals surface area contributed by atoms with Gasteiger partial charge in [0.05, 0.1) is 26.9 Å². The van der Waals surface area contributed by atoms with Crippen molar-refractivity contribution in [3.63, 3.8) is 0 Å². The number of fused-ring (bicyclic) bond motifs is 5. The van der Waals surface area contributed by atoms with E-state index in [1.807, 2.05) is 0 Å². The van der Waals surface area contributed by atoms with Gasteiger partial charge in [-0.25, -0.2) is 0 Å². The highest BCUT2D eigenvalue weighted by atomic mass is 16.5. The van der Waals surface area contributed by atoms with E-state index in [0.29, 0.717) is 18.6 Å². The van der Waals surface area contributed by atoms with Crippen LogP contribution in [0.3, 0.4) is 0 Å². The minimum atomic E-state index is 0.278. The molecule has 1 aromatic rings. The van der Waals surface area contributed by atoms with Crippen LogP contribution >= 0.6 is 0 Å². The predicted octanol–water partition coefficient (Wildman–Crippen LogP) is 2.72. The highest BCUT2D eigenvalue weighted by molar-refractivity contribution is 5.51. The summed E-state index contributed by atoms with van der Waals surface area (Å²) in [4.78, 5) is 2.47. The van der Waals surface area contributed by atoms with Crippen molar-refractivity contribution in [1.82, 2.24) is 4.90 Å². The Morgan fingerprint density at radius 2 is 1.95 bits per heavy atom. The van der Waals surface area contributed by atoms with Crippen molar-refractivity contribution in [3.8, 4) is 11.5 Å². The third-order valence-corrected chi connectivity index (χ3v) is 5.42. The molecule has 0 bridgehead atoms. The molecule has 4 nitrogen and oxygen atoms in total. The van der Waals surface area contributed by atoms with Crippen LogP contribution in [0.4, 0.5) is 0 Å². The SMILES string of the molecule is COc1cc2c(cc1OC)C1C(CC=C3CCN(C)C31)OC2. The fraction of sp³-hybridized carbons (Fsp3) is 0.556. The zero-order chi connectivity index (χ0) is 15.3. The van der Waals surface area contributed by atoms with Gasteiger partial charge in [0.2, 0.25) is 0 Å². The summed E-state index contributed by atoms with van der Waals surface area (Å²) in [7, 11) is 5.61. The van der Waals surface area contributed by atoms with Crippen LogP contribution in [-0.2, 0) is 11.3 Å². The summed E-state index contributed by atoms with van der Waals surface area (Å²) in [5.74, 6) is 2.00. The van der Waals surface area contributed by atoms with E-state index >= 15 is 0 Å². The Morgan fingerprint density at radius 1 is 1.18 bits per heavy atom. The number of hydrogen-bond donors (Lipinski definition) is 0. The molecule has 3 unspecified atom stereocenters. The van der Waals surface area contributed by atoms with E-state index in [1.165, 1.54) is 17.5 Å². The summed E-state index contributed by atoms with van der Waals surface area (Å²) in [6, 6.07) is 4.72. The maximum absolute atomic E-state index is 6.17. The van der Waals surface area contributed by atoms with E-state index in [0.717, 1.165) is 24.5 Å². The largest absolute Gasteiger partial charge is 0.493 e. The van der Waals surface area contributed by atoms with Crippen molar-refractivity contribution in [2.75, 3.05) is 27.8 Å². The Morgan fingerprint density at radius 3 is 2.73 bits per heavy atom. The van der Waals surface area contributed by atoms with Gasteiger partial charge >= 0.3 is 0 Å². The molecule has 0 saturated carbocycles. The van der Waals surface area contributed by atoms with Gasteiger partial charge in [-0.15, -0.1) is 0 Å². The number of nitrogens with zero attached hydrogens (tertiary/aromatic N) is 1. The van der Waals surface area contributed by atoms with E-state index in [9.17, 15) is 0 Å². The highest BCUT2D eigenvalue weighted by Gasteiger charge is 2.44. The topological polar surface area (TPSA) is 30.9 Å². The van der Waals surface area contributed by atoms with Gasteiger partial charge in [0.15, 0.2) is 11.5 Å². The lowest BCUT2D eigenvalue weighted by Gasteiger charge is -2.42. The molecule has 2 aliphatic heterocycles. The molecule has 3 atom stereocenters. The Kier molecular flexibility index (Phi) is 3.39. The third kappa shape index (κ3) is 1.97. The molecule has 1 fully saturated rings. The second-order valence-electron chi connectivity index (χ2n) is 6.47. The van der Waals surface area contributed by atoms with Gasteiger partial charge in [0, 0.05) is 18.5 Å². The maximum Gasteiger partial charge on any atom is 0.161 e. The predicted molar refractivity (Wildman–Crippen MR) is 84.6 cm³/mol. The van der Waals surface area contributed by atoms with E-state index in [2.05, 4.69) is 30.2 Å². The number of methoxy groups -OCH3 is 2. The molecule has 22 heavy (non-hydrogen) atoms. The average molecular weight is 301 g/mol. The third-order valence-electron chi connectivity index (χ3n) is 5.42. The maximum atomic E-state index is 6.17. The fourth-order valence-corrected chi connectivity index (χ4v) is 4.33. The van der Waals surface area contributed by atoms with Crippen molar-refractivity contribution in [3.05, 3.63) is 34.9 Å². The molecule has 0 spiro atoms. The van der Waals surface area contributed by atoms with Crippen molar-refractivity contribution >= 4 is 0 Å². The van der Waals surface area contributed by atoms with Crippen molar-refractivity contribution in [2.45, 2.75) is 37.5 Å². The van der Waals surface area contributed by atoms with Crippen LogP contribution < -0.4 is 9.47 Å². The molecule has 0 radical (unpaired) electrons. The molecular weight excluding hydrogens is 278 g/mol. The summed E-state index contributed by atoms with van der Waals surface area (Å²) < 4.78 is 17.1. The first kappa shape index (κ1) is 14.1. The van der Waals surface area contributed by atoms with E-state index in [4.69, 9.17) is 14.2 Å². The highest BCUT2D eigenvalue weighted by Crippen LogP contribution is 2.47. The number of likely N-dealkylation sites (tertiary alicyclic amines) is 1. The lowest BCUT2D eigenvalue weighted by molar-refractivity contribution is -0.00867. The van der Waals surface area contributed by atoms with Gasteiger partial charge in [0.25, 0.3) is 0 Å². The number of likely N-dealkylation sites (N-methyl/N-ethyl adjacent to an activating group) is 1. The Hall–Kier alpha value is -1.52. The minimum Gasteiger partial charge on any atom is -0.493 e. The van der Waals surface area contributed by atoms with Crippen LogP contribution in [0.2, 0.25) is 0 Å². The van der Waals surface area contributed by atoms with Crippen molar-refractivity contribution in [2.24, 2.45) is 0 Å². The van der Waals surface area contributed by atoms with Crippen LogP contribution in [0, 0.1) is 0 Å². The van der Waals surface area contributed by atoms with Crippen LogP contribution in [0.5, 0.6) is 11.5 Å². The van der Waals surface area contributed by atoms with Crippen LogP contribution in [-0.4, -0.2) is 44.9 Å². The molecule has 3 aliphatic rings. The summed E-state index contributed by atoms with van der Waals surface area (Å²) >= 11 is 0. The van der Waals surface area contributed by atoms with Crippen LogP contribution in [0.25, 0.3) is 0 Å². The molecule has 1 saturated heterocycles. The fourth-order valence-electron chi connectivity index (χ4n) is 4.33. The second-order valence-corrected chi connectivity index (χ2v) is 6.47. The second kappa shape index (κ2) is 5.28. The summed E-state index contributed by atoms with van der Waals surface area (Å²) in [5, 5.41) is 0. The average Bonchev–Trinajstić information content (AvgIpc) is 2.94. The summed E-state index contributed by atoms with van der Waals surface area (Å²) in [6.07, 6.45) is 4.89. The first-order chi connectivity index (χ1) is 10.7. The summed E-state index contributed by atoms with van der Waals surface area (Å²) in [5.41, 5.74) is 4.19. The van der Waals surface area contributed by atoms with Crippen LogP contribution in [0.15, 0.2) is 23.8 Å². The van der Waals surface area contributed by atoms with Gasteiger partial charge in [-0.05, 0) is 43.1 Å². The number of rotatable bonds is 2. The van der Waals surface area contributed by atoms with Gasteiger partial charge < -0.3 is 14.2 Å². The molecule has 1 aliphatic carbocycles. The molecule has 0 amide bonds. The molecule has 1 aromatic carbocycles. The lowest BCUT2D eigenvalue weighted by atomic mass is 9.75. The van der Waals surface area contributed by atoms with E-state index in [-0.39, 0.29) is 6.10 Å². The Labute approximate surface area is 131 Å². The zero-order valence-corrected chi connectivity index (χ0v) is 13.5. The first-order valence-electron chi connectivity index (χ1n) is 7.98. The van der Waals surface area contributed by atoms with Crippen LogP contribution in [0.1, 0.15) is 29.9 Å². The van der Waals surface area contributed by atoms with Gasteiger partial charge in [-0.1, -0.05) is 11.6 Å². The molecule has 4 rings (SSSR count). The summed E-state index contributed by atoms with van der Waals surface area (Å²) in [6.45, 7) is 1.80. The van der Waals surface area contributed by atoms with E-state index in [1.54, 1.807) is 19.8 Å². The number of hydrogen-bond acceptors (Lipinski definition) is 4. The Bertz CT molecular complexity index is 625. The number of ether oxygens (including phenoxy) is 3. The molecular formula is C18H23NO3. The molecule has 2 heterocycles. The molecule has 0 N–H and O–H groups in total. The smallest absolute Gasteiger partial charge is 0.161 e. The monoisotopic (exact) mass is 301 g/mol. The van der Waals surface area contributed by atoms with E-state index < -0.39 is 0 Å². The molecule has 4 heteroatoms. The normalized spacial score (nSPS) is 30.1. The molecule has 118 valence electrons. The molecule has 0 aromatic heterocycles. The van der Waals surface area contributed by atoms with Gasteiger partial charge in [-0.2, -0.15) is 0 Å². The number of benzene rings is 1. The first-order valence-corrected chi connectivity index (χ1v) is 7.98. The standard InChI is InChI=1S/C18H23NO3/c1-19-7-6-11-4-5-14-17(18(11)19)13-9-16(21-3)15(20-2)8-12(13)10-22-14/h4,8-9,14,17-18H,5-7,10H2,1-3H3. The quantitative estimate of drug-likeness (QED) is 0.786. The van der Waals surface area contributed by atoms with Crippen molar-refractivity contribution < 1.29 is 14.2 Å². The Balaban J connectivity index is 1.82.